The van der Waals surface area contributed by atoms with Crippen LogP contribution in [-0.2, 0) is 0 Å². The molecule has 1 heterocycles. The van der Waals surface area contributed by atoms with Crippen LogP contribution >= 0.6 is 11.6 Å². The number of pyridine rings is 1. The first-order valence-electron chi connectivity index (χ1n) is 5.36. The highest BCUT2D eigenvalue weighted by molar-refractivity contribution is 6.33. The maximum absolute atomic E-state index is 5.99. The van der Waals surface area contributed by atoms with Crippen LogP contribution in [0.2, 0.25) is 5.02 Å². The van der Waals surface area contributed by atoms with Crippen LogP contribution in [0.15, 0.2) is 12.3 Å². The highest BCUT2D eigenvalue weighted by Gasteiger charge is 2.04. The van der Waals surface area contributed by atoms with Gasteiger partial charge in [0.2, 0.25) is 0 Å². The average Bonchev–Trinajstić information content (AvgIpc) is 2.20. The van der Waals surface area contributed by atoms with Crippen molar-refractivity contribution in [2.24, 2.45) is 0 Å². The van der Waals surface area contributed by atoms with Gasteiger partial charge in [-0.05, 0) is 27.0 Å². The molecule has 90 valence electrons. The Bertz CT molecular complexity index is 341. The third-order valence-electron chi connectivity index (χ3n) is 2.50. The fourth-order valence-corrected chi connectivity index (χ4v) is 1.43. The molecule has 0 spiro atoms. The van der Waals surface area contributed by atoms with Gasteiger partial charge in [-0.25, -0.2) is 4.98 Å². The zero-order valence-electron chi connectivity index (χ0n) is 10.00. The Morgan fingerprint density at radius 1 is 1.56 bits per heavy atom. The Kier molecular flexibility index (Phi) is 4.83. The first kappa shape index (κ1) is 13.1. The van der Waals surface area contributed by atoms with Gasteiger partial charge in [-0.2, -0.15) is 0 Å². The van der Waals surface area contributed by atoms with Crippen LogP contribution < -0.4 is 11.1 Å². The van der Waals surface area contributed by atoms with Gasteiger partial charge in [0.25, 0.3) is 0 Å². The van der Waals surface area contributed by atoms with E-state index in [0.29, 0.717) is 22.6 Å². The van der Waals surface area contributed by atoms with Crippen LogP contribution in [0.25, 0.3) is 0 Å². The quantitative estimate of drug-likeness (QED) is 0.830. The molecule has 0 aliphatic carbocycles. The van der Waals surface area contributed by atoms with Crippen LogP contribution in [0.3, 0.4) is 0 Å². The molecule has 0 bridgehead atoms. The van der Waals surface area contributed by atoms with E-state index in [2.05, 4.69) is 36.1 Å². The summed E-state index contributed by atoms with van der Waals surface area (Å²) in [5.74, 6) is 0.688. The van der Waals surface area contributed by atoms with Crippen LogP contribution in [0.4, 0.5) is 11.5 Å². The van der Waals surface area contributed by atoms with Crippen molar-refractivity contribution in [3.63, 3.8) is 0 Å². The molecule has 0 radical (unpaired) electrons. The topological polar surface area (TPSA) is 54.2 Å². The molecule has 1 aromatic rings. The zero-order valence-corrected chi connectivity index (χ0v) is 10.8. The lowest BCUT2D eigenvalue weighted by Crippen LogP contribution is -2.31. The fourth-order valence-electron chi connectivity index (χ4n) is 1.19. The molecule has 0 amide bonds. The van der Waals surface area contributed by atoms with E-state index in [9.17, 15) is 0 Å². The molecular weight excluding hydrogens is 224 g/mol. The van der Waals surface area contributed by atoms with Gasteiger partial charge >= 0.3 is 0 Å². The lowest BCUT2D eigenvalue weighted by Gasteiger charge is -2.21. The summed E-state index contributed by atoms with van der Waals surface area (Å²) in [5.41, 5.74) is 6.14. The predicted octanol–water partition coefficient (Wildman–Crippen LogP) is 2.07. The van der Waals surface area contributed by atoms with Crippen molar-refractivity contribution in [3.8, 4) is 0 Å². The molecule has 4 nitrogen and oxygen atoms in total. The number of nitrogens with one attached hydrogen (secondary N) is 1. The minimum atomic E-state index is 0.539. The molecule has 0 aliphatic heterocycles. The molecule has 0 unspecified atom stereocenters. The SMILES string of the molecule is CC(C)N(C)CCNc1ncc(N)cc1Cl. The van der Waals surface area contributed by atoms with E-state index < -0.39 is 0 Å². The summed E-state index contributed by atoms with van der Waals surface area (Å²) >= 11 is 5.99. The van der Waals surface area contributed by atoms with E-state index in [1.54, 1.807) is 12.3 Å². The first-order valence-corrected chi connectivity index (χ1v) is 5.73. The number of anilines is 2. The van der Waals surface area contributed by atoms with Crippen molar-refractivity contribution < 1.29 is 0 Å². The van der Waals surface area contributed by atoms with Crippen molar-refractivity contribution in [3.05, 3.63) is 17.3 Å². The highest BCUT2D eigenvalue weighted by Crippen LogP contribution is 2.20. The van der Waals surface area contributed by atoms with Gasteiger partial charge in [-0.15, -0.1) is 0 Å². The number of nitrogens with zero attached hydrogens (tertiary/aromatic N) is 2. The number of hydrogen-bond donors (Lipinski definition) is 2. The van der Waals surface area contributed by atoms with Crippen LogP contribution in [0.5, 0.6) is 0 Å². The van der Waals surface area contributed by atoms with Crippen molar-refractivity contribution in [1.82, 2.24) is 9.88 Å². The van der Waals surface area contributed by atoms with Gasteiger partial charge in [-0.3, -0.25) is 0 Å². The van der Waals surface area contributed by atoms with Crippen LogP contribution in [0, 0.1) is 0 Å². The molecule has 1 aromatic heterocycles. The highest BCUT2D eigenvalue weighted by atomic mass is 35.5. The molecule has 0 saturated carbocycles. The second-order valence-electron chi connectivity index (χ2n) is 4.10. The largest absolute Gasteiger partial charge is 0.397 e. The van der Waals surface area contributed by atoms with Gasteiger partial charge in [0.1, 0.15) is 5.82 Å². The summed E-state index contributed by atoms with van der Waals surface area (Å²) in [7, 11) is 2.09. The molecule has 0 fully saturated rings. The summed E-state index contributed by atoms with van der Waals surface area (Å²) in [6.07, 6.45) is 1.60. The predicted molar refractivity (Wildman–Crippen MR) is 69.9 cm³/mol. The Labute approximate surface area is 102 Å². The Balaban J connectivity index is 2.43. The fraction of sp³-hybridized carbons (Fsp3) is 0.545. The molecule has 0 saturated heterocycles. The number of halogens is 1. The molecule has 0 aromatic carbocycles. The van der Waals surface area contributed by atoms with Crippen molar-refractivity contribution in [2.45, 2.75) is 19.9 Å². The number of rotatable bonds is 5. The Morgan fingerprint density at radius 2 is 2.25 bits per heavy atom. The smallest absolute Gasteiger partial charge is 0.144 e. The van der Waals surface area contributed by atoms with Gasteiger partial charge in [-0.1, -0.05) is 11.6 Å². The molecular formula is C11H19ClN4. The average molecular weight is 243 g/mol. The minimum absolute atomic E-state index is 0.539. The number of nitrogen functional groups attached to an aromatic ring is 1. The van der Waals surface area contributed by atoms with Crippen LogP contribution in [0.1, 0.15) is 13.8 Å². The normalized spacial score (nSPS) is 11.1. The molecule has 3 N–H and O–H groups in total. The van der Waals surface area contributed by atoms with Gasteiger partial charge in [0.15, 0.2) is 0 Å². The van der Waals surface area contributed by atoms with E-state index in [1.807, 2.05) is 0 Å². The second kappa shape index (κ2) is 5.92. The zero-order chi connectivity index (χ0) is 12.1. The summed E-state index contributed by atoms with van der Waals surface area (Å²) in [4.78, 5) is 6.38. The Hall–Kier alpha value is -1.00. The van der Waals surface area contributed by atoms with Gasteiger partial charge in [0, 0.05) is 19.1 Å². The maximum Gasteiger partial charge on any atom is 0.144 e. The van der Waals surface area contributed by atoms with Crippen molar-refractivity contribution in [1.29, 1.82) is 0 Å². The lowest BCUT2D eigenvalue weighted by atomic mass is 10.3. The van der Waals surface area contributed by atoms with E-state index in [1.165, 1.54) is 0 Å². The van der Waals surface area contributed by atoms with Crippen LogP contribution in [-0.4, -0.2) is 36.1 Å². The third-order valence-corrected chi connectivity index (χ3v) is 2.79. The number of likely N-dealkylation sites (N-methyl/N-ethyl adjacent to an activating group) is 1. The van der Waals surface area contributed by atoms with E-state index in [-0.39, 0.29) is 0 Å². The van der Waals surface area contributed by atoms with Crippen molar-refractivity contribution in [2.75, 3.05) is 31.2 Å². The molecule has 16 heavy (non-hydrogen) atoms. The van der Waals surface area contributed by atoms with E-state index >= 15 is 0 Å². The Morgan fingerprint density at radius 3 is 2.81 bits per heavy atom. The second-order valence-corrected chi connectivity index (χ2v) is 4.51. The van der Waals surface area contributed by atoms with Gasteiger partial charge < -0.3 is 16.0 Å². The lowest BCUT2D eigenvalue weighted by molar-refractivity contribution is 0.284. The molecule has 5 heteroatoms. The van der Waals surface area contributed by atoms with E-state index in [0.717, 1.165) is 13.1 Å². The summed E-state index contributed by atoms with van der Waals surface area (Å²) in [6, 6.07) is 2.24. The molecule has 0 atom stereocenters. The summed E-state index contributed by atoms with van der Waals surface area (Å²) in [5, 5.41) is 3.75. The van der Waals surface area contributed by atoms with Gasteiger partial charge in [0.05, 0.1) is 16.9 Å². The van der Waals surface area contributed by atoms with Crippen molar-refractivity contribution >= 4 is 23.1 Å². The summed E-state index contributed by atoms with van der Waals surface area (Å²) in [6.45, 7) is 6.08. The third kappa shape index (κ3) is 3.87. The minimum Gasteiger partial charge on any atom is -0.397 e. The number of nitrogens with two attached hydrogens (primary N) is 1. The molecule has 1 rings (SSSR count). The number of hydrogen-bond acceptors (Lipinski definition) is 4. The molecule has 0 aliphatic rings. The first-order chi connectivity index (χ1) is 7.50. The van der Waals surface area contributed by atoms with E-state index in [4.69, 9.17) is 17.3 Å². The number of aromatic nitrogens is 1. The maximum atomic E-state index is 5.99. The monoisotopic (exact) mass is 242 g/mol. The standard InChI is InChI=1S/C11H19ClN4/c1-8(2)16(3)5-4-14-11-10(12)6-9(13)7-15-11/h6-8H,4-5,13H2,1-3H3,(H,14,15). The summed E-state index contributed by atoms with van der Waals surface area (Å²) < 4.78 is 0.